The Morgan fingerprint density at radius 2 is 2.35 bits per heavy atom. The summed E-state index contributed by atoms with van der Waals surface area (Å²) >= 11 is 0. The maximum Gasteiger partial charge on any atom is 0.228 e. The monoisotopic (exact) mass is 234 g/mol. The third kappa shape index (κ3) is 2.97. The summed E-state index contributed by atoms with van der Waals surface area (Å²) in [6.07, 6.45) is 1.99. The second-order valence-electron chi connectivity index (χ2n) is 4.53. The van der Waals surface area contributed by atoms with Crippen molar-refractivity contribution in [3.63, 3.8) is 0 Å². The van der Waals surface area contributed by atoms with Gasteiger partial charge in [0.1, 0.15) is 5.75 Å². The van der Waals surface area contributed by atoms with Gasteiger partial charge in [-0.15, -0.1) is 0 Å². The van der Waals surface area contributed by atoms with E-state index in [4.69, 9.17) is 0 Å². The van der Waals surface area contributed by atoms with Crippen molar-refractivity contribution < 1.29 is 9.90 Å². The first kappa shape index (κ1) is 11.9. The molecule has 0 radical (unpaired) electrons. The maximum atomic E-state index is 12.0. The van der Waals surface area contributed by atoms with Gasteiger partial charge in [-0.1, -0.05) is 0 Å². The Hall–Kier alpha value is -1.55. The van der Waals surface area contributed by atoms with Gasteiger partial charge in [-0.25, -0.2) is 0 Å². The Balaban J connectivity index is 2.02. The summed E-state index contributed by atoms with van der Waals surface area (Å²) in [5.41, 5.74) is 1.65. The third-order valence-corrected chi connectivity index (χ3v) is 3.14. The van der Waals surface area contributed by atoms with Crippen LogP contribution in [0.5, 0.6) is 5.75 Å². The van der Waals surface area contributed by atoms with Gasteiger partial charge >= 0.3 is 0 Å². The minimum atomic E-state index is 0.0527. The van der Waals surface area contributed by atoms with Crippen LogP contribution in [0.15, 0.2) is 18.2 Å². The Kier molecular flexibility index (Phi) is 3.64. The fourth-order valence-corrected chi connectivity index (χ4v) is 2.10. The molecule has 1 aliphatic heterocycles. The van der Waals surface area contributed by atoms with Gasteiger partial charge in [-0.2, -0.15) is 0 Å². The second kappa shape index (κ2) is 5.19. The van der Waals surface area contributed by atoms with E-state index in [-0.39, 0.29) is 17.6 Å². The average Bonchev–Trinajstić information content (AvgIpc) is 2.34. The Bertz CT molecular complexity index is 412. The van der Waals surface area contributed by atoms with Crippen molar-refractivity contribution in [2.75, 3.05) is 18.4 Å². The van der Waals surface area contributed by atoms with Crippen molar-refractivity contribution in [1.82, 2.24) is 5.32 Å². The van der Waals surface area contributed by atoms with Crippen molar-refractivity contribution >= 4 is 11.6 Å². The van der Waals surface area contributed by atoms with Crippen LogP contribution in [-0.4, -0.2) is 24.1 Å². The molecule has 3 N–H and O–H groups in total. The third-order valence-electron chi connectivity index (χ3n) is 3.14. The molecule has 0 bridgehead atoms. The molecule has 92 valence electrons. The van der Waals surface area contributed by atoms with E-state index in [1.54, 1.807) is 18.2 Å². The van der Waals surface area contributed by atoms with Crippen molar-refractivity contribution in [3.8, 4) is 5.75 Å². The Morgan fingerprint density at radius 1 is 1.53 bits per heavy atom. The summed E-state index contributed by atoms with van der Waals surface area (Å²) < 4.78 is 0. The highest BCUT2D eigenvalue weighted by atomic mass is 16.3. The highest BCUT2D eigenvalue weighted by molar-refractivity contribution is 5.93. The molecule has 0 aromatic heterocycles. The second-order valence-corrected chi connectivity index (χ2v) is 4.53. The zero-order valence-electron chi connectivity index (χ0n) is 9.99. The molecule has 1 heterocycles. The fourth-order valence-electron chi connectivity index (χ4n) is 2.10. The number of aryl methyl sites for hydroxylation is 1. The Morgan fingerprint density at radius 3 is 3.00 bits per heavy atom. The summed E-state index contributed by atoms with van der Waals surface area (Å²) in [6.45, 7) is 3.62. The molecule has 1 atom stereocenters. The number of phenols is 1. The zero-order valence-corrected chi connectivity index (χ0v) is 9.99. The summed E-state index contributed by atoms with van der Waals surface area (Å²) in [5, 5.41) is 15.4. The summed E-state index contributed by atoms with van der Waals surface area (Å²) in [4.78, 5) is 12.0. The van der Waals surface area contributed by atoms with E-state index in [1.807, 2.05) is 6.92 Å². The number of amides is 1. The minimum Gasteiger partial charge on any atom is -0.508 e. The number of hydrogen-bond acceptors (Lipinski definition) is 3. The molecule has 1 aromatic rings. The Labute approximate surface area is 101 Å². The van der Waals surface area contributed by atoms with E-state index in [1.165, 1.54) is 0 Å². The van der Waals surface area contributed by atoms with Crippen molar-refractivity contribution in [1.29, 1.82) is 0 Å². The van der Waals surface area contributed by atoms with E-state index in [2.05, 4.69) is 10.6 Å². The largest absolute Gasteiger partial charge is 0.508 e. The molecule has 0 unspecified atom stereocenters. The summed E-state index contributed by atoms with van der Waals surface area (Å²) in [7, 11) is 0. The lowest BCUT2D eigenvalue weighted by molar-refractivity contribution is -0.120. The van der Waals surface area contributed by atoms with Gasteiger partial charge in [0.25, 0.3) is 0 Å². The highest BCUT2D eigenvalue weighted by Crippen LogP contribution is 2.21. The molecular formula is C13H18N2O2. The van der Waals surface area contributed by atoms with Crippen LogP contribution >= 0.6 is 0 Å². The molecule has 17 heavy (non-hydrogen) atoms. The van der Waals surface area contributed by atoms with Crippen LogP contribution in [0.25, 0.3) is 0 Å². The molecule has 0 spiro atoms. The quantitative estimate of drug-likeness (QED) is 0.682. The molecule has 1 amide bonds. The predicted octanol–water partition coefficient (Wildman–Crippen LogP) is 1.64. The number of piperidine rings is 1. The van der Waals surface area contributed by atoms with E-state index < -0.39 is 0 Å². The van der Waals surface area contributed by atoms with Crippen molar-refractivity contribution in [2.24, 2.45) is 5.92 Å². The number of carbonyl (C=O) groups excluding carboxylic acids is 1. The number of anilines is 1. The number of carbonyl (C=O) groups is 1. The van der Waals surface area contributed by atoms with E-state index in [9.17, 15) is 9.90 Å². The fraction of sp³-hybridized carbons (Fsp3) is 0.462. The van der Waals surface area contributed by atoms with E-state index >= 15 is 0 Å². The number of nitrogens with one attached hydrogen (secondary N) is 2. The van der Waals surface area contributed by atoms with Gasteiger partial charge in [0.2, 0.25) is 5.91 Å². The molecule has 0 aliphatic carbocycles. The van der Waals surface area contributed by atoms with Gasteiger partial charge in [0, 0.05) is 12.2 Å². The molecule has 1 aliphatic rings. The van der Waals surface area contributed by atoms with Crippen molar-refractivity contribution in [2.45, 2.75) is 19.8 Å². The molecule has 1 fully saturated rings. The lowest BCUT2D eigenvalue weighted by Gasteiger charge is -2.22. The van der Waals surface area contributed by atoms with Gasteiger partial charge in [-0.05, 0) is 50.1 Å². The van der Waals surface area contributed by atoms with Gasteiger partial charge in [0.05, 0.1) is 5.92 Å². The molecule has 0 saturated carbocycles. The molecule has 1 saturated heterocycles. The maximum absolute atomic E-state index is 12.0. The first-order valence-electron chi connectivity index (χ1n) is 5.98. The molecule has 4 heteroatoms. The van der Waals surface area contributed by atoms with Crippen LogP contribution in [0.1, 0.15) is 18.4 Å². The first-order chi connectivity index (χ1) is 8.16. The minimum absolute atomic E-state index is 0.0527. The van der Waals surface area contributed by atoms with E-state index in [0.29, 0.717) is 0 Å². The van der Waals surface area contributed by atoms with Crippen LogP contribution in [-0.2, 0) is 4.79 Å². The molecule has 2 rings (SSSR count). The standard InChI is InChI=1S/C13H18N2O2/c1-9-7-11(16)4-5-12(9)15-13(17)10-3-2-6-14-8-10/h4-5,7,10,14,16H,2-3,6,8H2,1H3,(H,15,17)/t10-/m0/s1. The van der Waals surface area contributed by atoms with Crippen LogP contribution in [0, 0.1) is 12.8 Å². The number of aromatic hydroxyl groups is 1. The average molecular weight is 234 g/mol. The predicted molar refractivity (Wildman–Crippen MR) is 67.1 cm³/mol. The van der Waals surface area contributed by atoms with Gasteiger partial charge in [-0.3, -0.25) is 4.79 Å². The van der Waals surface area contributed by atoms with Gasteiger partial charge in [0.15, 0.2) is 0 Å². The van der Waals surface area contributed by atoms with Crippen LogP contribution in [0.2, 0.25) is 0 Å². The first-order valence-corrected chi connectivity index (χ1v) is 5.98. The molecule has 4 nitrogen and oxygen atoms in total. The molecule has 1 aromatic carbocycles. The molecular weight excluding hydrogens is 216 g/mol. The summed E-state index contributed by atoms with van der Waals surface area (Å²) in [5.74, 6) is 0.336. The van der Waals surface area contributed by atoms with Crippen LogP contribution in [0.4, 0.5) is 5.69 Å². The number of phenolic OH excluding ortho intramolecular Hbond substituents is 1. The van der Waals surface area contributed by atoms with Gasteiger partial charge < -0.3 is 15.7 Å². The number of benzene rings is 1. The zero-order chi connectivity index (χ0) is 12.3. The van der Waals surface area contributed by atoms with Crippen LogP contribution < -0.4 is 10.6 Å². The van der Waals surface area contributed by atoms with Crippen molar-refractivity contribution in [3.05, 3.63) is 23.8 Å². The lowest BCUT2D eigenvalue weighted by atomic mass is 9.98. The highest BCUT2D eigenvalue weighted by Gasteiger charge is 2.21. The normalized spacial score (nSPS) is 19.9. The van der Waals surface area contributed by atoms with E-state index in [0.717, 1.165) is 37.2 Å². The number of rotatable bonds is 2. The SMILES string of the molecule is Cc1cc(O)ccc1NC(=O)[C@H]1CCCNC1. The smallest absolute Gasteiger partial charge is 0.228 e. The van der Waals surface area contributed by atoms with Crippen LogP contribution in [0.3, 0.4) is 0 Å². The lowest BCUT2D eigenvalue weighted by Crippen LogP contribution is -2.37. The summed E-state index contributed by atoms with van der Waals surface area (Å²) in [6, 6.07) is 4.97. The number of hydrogen-bond donors (Lipinski definition) is 3. The topological polar surface area (TPSA) is 61.4 Å².